The third kappa shape index (κ3) is 2.60. The molecule has 106 valence electrons. The lowest BCUT2D eigenvalue weighted by molar-refractivity contribution is -0.347. The van der Waals surface area contributed by atoms with E-state index >= 15 is 0 Å². The van der Waals surface area contributed by atoms with Gasteiger partial charge in [-0.05, 0) is 30.6 Å². The molecule has 2 fully saturated rings. The van der Waals surface area contributed by atoms with Crippen LogP contribution in [0.25, 0.3) is 0 Å². The van der Waals surface area contributed by atoms with Crippen molar-refractivity contribution in [1.29, 1.82) is 0 Å². The molecule has 0 aromatic heterocycles. The molecule has 0 N–H and O–H groups in total. The molecule has 2 heteroatoms. The summed E-state index contributed by atoms with van der Waals surface area (Å²) in [7, 11) is 0. The van der Waals surface area contributed by atoms with Crippen LogP contribution in [-0.4, -0.2) is 18.5 Å². The summed E-state index contributed by atoms with van der Waals surface area (Å²) in [6, 6.07) is 0. The van der Waals surface area contributed by atoms with Crippen molar-refractivity contribution in [2.45, 2.75) is 84.5 Å². The van der Waals surface area contributed by atoms with Crippen molar-refractivity contribution < 1.29 is 9.47 Å². The molecule has 3 atom stereocenters. The molecule has 0 aromatic carbocycles. The Morgan fingerprint density at radius 3 is 2.39 bits per heavy atom. The zero-order chi connectivity index (χ0) is 13.2. The van der Waals surface area contributed by atoms with E-state index in [1.54, 1.807) is 0 Å². The second kappa shape index (κ2) is 5.50. The lowest BCUT2D eigenvalue weighted by Crippen LogP contribution is -2.56. The fourth-order valence-corrected chi connectivity index (χ4v) is 3.59. The Labute approximate surface area is 112 Å². The highest BCUT2D eigenvalue weighted by Crippen LogP contribution is 2.51. The van der Waals surface area contributed by atoms with Gasteiger partial charge in [-0.15, -0.1) is 0 Å². The molecule has 0 amide bonds. The summed E-state index contributed by atoms with van der Waals surface area (Å²) in [6.07, 6.45) is 8.91. The van der Waals surface area contributed by atoms with Gasteiger partial charge in [-0.25, -0.2) is 0 Å². The largest absolute Gasteiger partial charge is 0.350 e. The molecule has 0 bridgehead atoms. The van der Waals surface area contributed by atoms with Gasteiger partial charge in [0, 0.05) is 12.8 Å². The lowest BCUT2D eigenvalue weighted by atomic mass is 9.69. The van der Waals surface area contributed by atoms with E-state index < -0.39 is 0 Å². The first-order valence-electron chi connectivity index (χ1n) is 7.89. The topological polar surface area (TPSA) is 18.5 Å². The molecule has 0 radical (unpaired) electrons. The van der Waals surface area contributed by atoms with E-state index in [-0.39, 0.29) is 5.79 Å². The Morgan fingerprint density at radius 2 is 1.94 bits per heavy atom. The predicted molar refractivity (Wildman–Crippen MR) is 74.5 cm³/mol. The molecule has 2 nitrogen and oxygen atoms in total. The predicted octanol–water partition coefficient (Wildman–Crippen LogP) is 4.52. The van der Waals surface area contributed by atoms with Crippen molar-refractivity contribution in [3.8, 4) is 0 Å². The molecular weight excluding hydrogens is 224 g/mol. The average Bonchev–Trinajstić information content (AvgIpc) is 2.83. The van der Waals surface area contributed by atoms with Gasteiger partial charge in [0.1, 0.15) is 0 Å². The molecule has 2 heterocycles. The summed E-state index contributed by atoms with van der Waals surface area (Å²) in [5.74, 6) is 0.675. The molecule has 0 aromatic rings. The Balaban J connectivity index is 1.92. The van der Waals surface area contributed by atoms with E-state index in [1.165, 1.54) is 32.1 Å². The Hall–Kier alpha value is -0.0800. The maximum Gasteiger partial charge on any atom is 0.171 e. The van der Waals surface area contributed by atoms with Crippen molar-refractivity contribution in [3.05, 3.63) is 0 Å². The quantitative estimate of drug-likeness (QED) is 0.693. The van der Waals surface area contributed by atoms with Crippen molar-refractivity contribution in [2.75, 3.05) is 6.61 Å². The molecule has 0 aliphatic carbocycles. The fourth-order valence-electron chi connectivity index (χ4n) is 3.59. The van der Waals surface area contributed by atoms with Gasteiger partial charge in [-0.3, -0.25) is 0 Å². The molecule has 2 rings (SSSR count). The van der Waals surface area contributed by atoms with Gasteiger partial charge < -0.3 is 9.47 Å². The molecular formula is C16H30O2. The van der Waals surface area contributed by atoms with Crippen LogP contribution in [0.4, 0.5) is 0 Å². The fraction of sp³-hybridized carbons (Fsp3) is 1.00. The minimum atomic E-state index is -0.172. The molecule has 2 aliphatic heterocycles. The van der Waals surface area contributed by atoms with E-state index in [0.717, 1.165) is 25.4 Å². The first-order chi connectivity index (χ1) is 8.57. The van der Waals surface area contributed by atoms with Crippen molar-refractivity contribution in [1.82, 2.24) is 0 Å². The summed E-state index contributed by atoms with van der Waals surface area (Å²) >= 11 is 0. The summed E-state index contributed by atoms with van der Waals surface area (Å²) in [5, 5.41) is 0. The zero-order valence-electron chi connectivity index (χ0n) is 12.6. The van der Waals surface area contributed by atoms with Crippen LogP contribution in [0.1, 0.15) is 72.6 Å². The van der Waals surface area contributed by atoms with Crippen LogP contribution in [0, 0.1) is 11.3 Å². The third-order valence-corrected chi connectivity index (χ3v) is 5.42. The maximum absolute atomic E-state index is 6.21. The summed E-state index contributed by atoms with van der Waals surface area (Å²) in [4.78, 5) is 0. The van der Waals surface area contributed by atoms with Gasteiger partial charge in [0.05, 0.1) is 12.7 Å². The van der Waals surface area contributed by atoms with Crippen LogP contribution in [0.2, 0.25) is 0 Å². The molecule has 2 aliphatic rings. The summed E-state index contributed by atoms with van der Waals surface area (Å²) in [6.45, 7) is 10.2. The minimum absolute atomic E-state index is 0.172. The van der Waals surface area contributed by atoms with Crippen LogP contribution in [0.3, 0.4) is 0 Å². The number of ether oxygens (including phenoxy) is 2. The van der Waals surface area contributed by atoms with Gasteiger partial charge >= 0.3 is 0 Å². The normalized spacial score (nSPS) is 34.8. The van der Waals surface area contributed by atoms with Crippen molar-refractivity contribution in [2.24, 2.45) is 11.3 Å². The highest BCUT2D eigenvalue weighted by molar-refractivity contribution is 4.97. The lowest BCUT2D eigenvalue weighted by Gasteiger charge is -2.53. The minimum Gasteiger partial charge on any atom is -0.350 e. The highest BCUT2D eigenvalue weighted by Gasteiger charge is 2.54. The monoisotopic (exact) mass is 254 g/mol. The van der Waals surface area contributed by atoms with Crippen molar-refractivity contribution in [3.63, 3.8) is 0 Å². The smallest absolute Gasteiger partial charge is 0.171 e. The maximum atomic E-state index is 6.21. The van der Waals surface area contributed by atoms with Crippen LogP contribution < -0.4 is 0 Å². The van der Waals surface area contributed by atoms with Gasteiger partial charge in [-0.2, -0.15) is 0 Å². The SMILES string of the molecule is CCC(CC)CC(C)(CC)C1CC2(CCCO2)O1. The van der Waals surface area contributed by atoms with Crippen molar-refractivity contribution >= 4 is 0 Å². The van der Waals surface area contributed by atoms with E-state index in [0.29, 0.717) is 11.5 Å². The van der Waals surface area contributed by atoms with E-state index in [1.807, 2.05) is 0 Å². The zero-order valence-corrected chi connectivity index (χ0v) is 12.6. The highest BCUT2D eigenvalue weighted by atomic mass is 16.7. The molecule has 3 unspecified atom stereocenters. The summed E-state index contributed by atoms with van der Waals surface area (Å²) in [5.41, 5.74) is 0.341. The van der Waals surface area contributed by atoms with Gasteiger partial charge in [0.25, 0.3) is 0 Å². The first kappa shape index (κ1) is 14.3. The third-order valence-electron chi connectivity index (χ3n) is 5.42. The number of hydrogen-bond donors (Lipinski definition) is 0. The van der Waals surface area contributed by atoms with Gasteiger partial charge in [0.15, 0.2) is 5.79 Å². The van der Waals surface area contributed by atoms with Gasteiger partial charge in [-0.1, -0.05) is 40.5 Å². The van der Waals surface area contributed by atoms with E-state index in [2.05, 4.69) is 27.7 Å². The summed E-state index contributed by atoms with van der Waals surface area (Å²) < 4.78 is 12.0. The number of hydrogen-bond acceptors (Lipinski definition) is 2. The van der Waals surface area contributed by atoms with Crippen LogP contribution in [0.5, 0.6) is 0 Å². The Morgan fingerprint density at radius 1 is 1.28 bits per heavy atom. The molecule has 1 spiro atoms. The molecule has 18 heavy (non-hydrogen) atoms. The van der Waals surface area contributed by atoms with E-state index in [4.69, 9.17) is 9.47 Å². The first-order valence-corrected chi connectivity index (χ1v) is 7.89. The van der Waals surface area contributed by atoms with Gasteiger partial charge in [0.2, 0.25) is 0 Å². The molecule has 0 saturated carbocycles. The van der Waals surface area contributed by atoms with Crippen LogP contribution in [0.15, 0.2) is 0 Å². The Bertz CT molecular complexity index is 258. The van der Waals surface area contributed by atoms with Crippen LogP contribution in [-0.2, 0) is 9.47 Å². The second-order valence-electron chi connectivity index (χ2n) is 6.57. The average molecular weight is 254 g/mol. The van der Waals surface area contributed by atoms with Crippen LogP contribution >= 0.6 is 0 Å². The van der Waals surface area contributed by atoms with E-state index in [9.17, 15) is 0 Å². The standard InChI is InChI=1S/C16H30O2/c1-5-13(6-2)11-15(4,7-3)14-12-16(18-14)9-8-10-17-16/h13-14H,5-12H2,1-4H3. The molecule has 2 saturated heterocycles. The Kier molecular flexibility index (Phi) is 4.38. The number of rotatable bonds is 6. The second-order valence-corrected chi connectivity index (χ2v) is 6.57.